The third-order valence-electron chi connectivity index (χ3n) is 2.37. The van der Waals surface area contributed by atoms with Crippen molar-refractivity contribution in [1.29, 1.82) is 0 Å². The van der Waals surface area contributed by atoms with Crippen LogP contribution in [0.15, 0.2) is 17.5 Å². The van der Waals surface area contributed by atoms with E-state index in [0.29, 0.717) is 11.5 Å². The van der Waals surface area contributed by atoms with Crippen LogP contribution in [0.4, 0.5) is 0 Å². The Morgan fingerprint density at radius 3 is 2.82 bits per heavy atom. The molecule has 0 unspecified atom stereocenters. The highest BCUT2D eigenvalue weighted by atomic mass is 32.1. The van der Waals surface area contributed by atoms with E-state index in [2.05, 4.69) is 36.7 Å². The smallest absolute Gasteiger partial charge is 0.0479 e. The van der Waals surface area contributed by atoms with Crippen LogP contribution in [0.3, 0.4) is 0 Å². The van der Waals surface area contributed by atoms with Crippen LogP contribution in [-0.4, -0.2) is 6.54 Å². The quantitative estimate of drug-likeness (QED) is 0.677. The highest BCUT2D eigenvalue weighted by Crippen LogP contribution is 2.41. The van der Waals surface area contributed by atoms with E-state index in [4.69, 9.17) is 0 Å². The summed E-state index contributed by atoms with van der Waals surface area (Å²) in [5.74, 6) is 0. The van der Waals surface area contributed by atoms with E-state index in [0.717, 1.165) is 6.54 Å². The molecular formula is C9H13NS. The summed E-state index contributed by atoms with van der Waals surface area (Å²) in [5.41, 5.74) is 0.463. The molecule has 2 heteroatoms. The predicted molar refractivity (Wildman–Crippen MR) is 48.8 cm³/mol. The minimum absolute atomic E-state index is 0.463. The standard InChI is InChI=1S/C9H13NS/c1-9(2)6-10-8(9)7-4-3-5-11-7/h3-5,8,10H,6H2,1-2H3/t8-/m1/s1. The molecule has 1 aromatic rings. The van der Waals surface area contributed by atoms with E-state index in [1.807, 2.05) is 11.3 Å². The maximum atomic E-state index is 3.45. The molecule has 0 radical (unpaired) electrons. The lowest BCUT2D eigenvalue weighted by molar-refractivity contribution is 0.131. The Morgan fingerprint density at radius 1 is 1.64 bits per heavy atom. The van der Waals surface area contributed by atoms with Crippen LogP contribution in [0.1, 0.15) is 24.8 Å². The van der Waals surface area contributed by atoms with Crippen LogP contribution in [-0.2, 0) is 0 Å². The first-order chi connectivity index (χ1) is 5.20. The van der Waals surface area contributed by atoms with Gasteiger partial charge in [-0.25, -0.2) is 0 Å². The highest BCUT2D eigenvalue weighted by molar-refractivity contribution is 7.10. The molecule has 1 fully saturated rings. The first-order valence-corrected chi connectivity index (χ1v) is 4.85. The van der Waals surface area contributed by atoms with Crippen molar-refractivity contribution in [3.63, 3.8) is 0 Å². The van der Waals surface area contributed by atoms with Crippen molar-refractivity contribution in [2.24, 2.45) is 5.41 Å². The summed E-state index contributed by atoms with van der Waals surface area (Å²) in [6.45, 7) is 5.78. The average Bonchev–Trinajstić information content (AvgIpc) is 2.38. The van der Waals surface area contributed by atoms with Crippen LogP contribution in [0.25, 0.3) is 0 Å². The molecule has 1 aliphatic heterocycles. The lowest BCUT2D eigenvalue weighted by atomic mass is 9.76. The molecule has 0 amide bonds. The topological polar surface area (TPSA) is 12.0 Å². The lowest BCUT2D eigenvalue weighted by Crippen LogP contribution is -2.51. The first kappa shape index (κ1) is 7.32. The van der Waals surface area contributed by atoms with Crippen molar-refractivity contribution in [2.75, 3.05) is 6.54 Å². The molecule has 1 nitrogen and oxygen atoms in total. The molecule has 1 aromatic heterocycles. The molecule has 60 valence electrons. The van der Waals surface area contributed by atoms with Crippen LogP contribution in [0, 0.1) is 5.41 Å². The van der Waals surface area contributed by atoms with Gasteiger partial charge in [-0.2, -0.15) is 0 Å². The summed E-state index contributed by atoms with van der Waals surface area (Å²) < 4.78 is 0. The van der Waals surface area contributed by atoms with Gasteiger partial charge in [0.25, 0.3) is 0 Å². The Bertz CT molecular complexity index is 238. The third-order valence-corrected chi connectivity index (χ3v) is 3.31. The Labute approximate surface area is 71.4 Å². The molecule has 1 saturated heterocycles. The van der Waals surface area contributed by atoms with Crippen molar-refractivity contribution in [2.45, 2.75) is 19.9 Å². The summed E-state index contributed by atoms with van der Waals surface area (Å²) in [7, 11) is 0. The van der Waals surface area contributed by atoms with Gasteiger partial charge in [0, 0.05) is 17.5 Å². The zero-order valence-corrected chi connectivity index (χ0v) is 7.74. The molecule has 2 rings (SSSR count). The fourth-order valence-electron chi connectivity index (χ4n) is 1.55. The highest BCUT2D eigenvalue weighted by Gasteiger charge is 2.39. The number of rotatable bonds is 1. The monoisotopic (exact) mass is 167 g/mol. The second kappa shape index (κ2) is 2.32. The summed E-state index contributed by atoms with van der Waals surface area (Å²) in [6.07, 6.45) is 0. The van der Waals surface area contributed by atoms with Gasteiger partial charge < -0.3 is 5.32 Å². The van der Waals surface area contributed by atoms with Crippen molar-refractivity contribution in [1.82, 2.24) is 5.32 Å². The Balaban J connectivity index is 2.20. The van der Waals surface area contributed by atoms with Gasteiger partial charge in [-0.1, -0.05) is 19.9 Å². The van der Waals surface area contributed by atoms with Gasteiger partial charge in [-0.15, -0.1) is 11.3 Å². The van der Waals surface area contributed by atoms with E-state index in [1.165, 1.54) is 4.88 Å². The SMILES string of the molecule is CC1(C)CN[C@@H]1c1cccs1. The average molecular weight is 167 g/mol. The van der Waals surface area contributed by atoms with Crippen molar-refractivity contribution >= 4 is 11.3 Å². The zero-order chi connectivity index (χ0) is 7.90. The number of hydrogen-bond donors (Lipinski definition) is 1. The summed E-state index contributed by atoms with van der Waals surface area (Å²) in [6, 6.07) is 4.93. The van der Waals surface area contributed by atoms with E-state index in [9.17, 15) is 0 Å². The lowest BCUT2D eigenvalue weighted by Gasteiger charge is -2.45. The largest absolute Gasteiger partial charge is 0.308 e. The van der Waals surface area contributed by atoms with Crippen molar-refractivity contribution in [3.05, 3.63) is 22.4 Å². The molecule has 1 atom stereocenters. The summed E-state index contributed by atoms with van der Waals surface area (Å²) in [5, 5.41) is 5.59. The minimum atomic E-state index is 0.463. The van der Waals surface area contributed by atoms with E-state index >= 15 is 0 Å². The fraction of sp³-hybridized carbons (Fsp3) is 0.556. The first-order valence-electron chi connectivity index (χ1n) is 3.97. The van der Waals surface area contributed by atoms with E-state index in [-0.39, 0.29) is 0 Å². The normalized spacial score (nSPS) is 28.0. The number of thiophene rings is 1. The molecule has 0 saturated carbocycles. The fourth-order valence-corrected chi connectivity index (χ4v) is 2.56. The van der Waals surface area contributed by atoms with Crippen LogP contribution >= 0.6 is 11.3 Å². The van der Waals surface area contributed by atoms with Crippen LogP contribution < -0.4 is 5.32 Å². The van der Waals surface area contributed by atoms with Gasteiger partial charge in [0.15, 0.2) is 0 Å². The molecule has 0 spiro atoms. The molecular weight excluding hydrogens is 154 g/mol. The molecule has 1 aliphatic rings. The Kier molecular flexibility index (Phi) is 1.55. The minimum Gasteiger partial charge on any atom is -0.308 e. The molecule has 0 bridgehead atoms. The molecule has 2 heterocycles. The summed E-state index contributed by atoms with van der Waals surface area (Å²) in [4.78, 5) is 1.47. The second-order valence-corrected chi connectivity index (χ2v) is 4.80. The van der Waals surface area contributed by atoms with Gasteiger partial charge in [-0.05, 0) is 16.9 Å². The number of nitrogens with one attached hydrogen (secondary N) is 1. The maximum Gasteiger partial charge on any atom is 0.0479 e. The van der Waals surface area contributed by atoms with Gasteiger partial charge in [0.05, 0.1) is 0 Å². The van der Waals surface area contributed by atoms with Gasteiger partial charge in [0.1, 0.15) is 0 Å². The van der Waals surface area contributed by atoms with Gasteiger partial charge in [-0.3, -0.25) is 0 Å². The number of hydrogen-bond acceptors (Lipinski definition) is 2. The van der Waals surface area contributed by atoms with Gasteiger partial charge in [0.2, 0.25) is 0 Å². The Morgan fingerprint density at radius 2 is 2.45 bits per heavy atom. The zero-order valence-electron chi connectivity index (χ0n) is 6.92. The summed E-state index contributed by atoms with van der Waals surface area (Å²) >= 11 is 1.85. The molecule has 1 N–H and O–H groups in total. The molecule has 0 aromatic carbocycles. The maximum absolute atomic E-state index is 3.45. The van der Waals surface area contributed by atoms with E-state index in [1.54, 1.807) is 0 Å². The second-order valence-electron chi connectivity index (χ2n) is 3.82. The van der Waals surface area contributed by atoms with Crippen LogP contribution in [0.5, 0.6) is 0 Å². The molecule has 11 heavy (non-hydrogen) atoms. The Hall–Kier alpha value is -0.340. The third kappa shape index (κ3) is 1.10. The van der Waals surface area contributed by atoms with Crippen LogP contribution in [0.2, 0.25) is 0 Å². The van der Waals surface area contributed by atoms with E-state index < -0.39 is 0 Å². The van der Waals surface area contributed by atoms with Gasteiger partial charge >= 0.3 is 0 Å². The molecule has 0 aliphatic carbocycles. The van der Waals surface area contributed by atoms with Crippen molar-refractivity contribution < 1.29 is 0 Å². The predicted octanol–water partition coefficient (Wildman–Crippen LogP) is 2.42. The van der Waals surface area contributed by atoms with Crippen molar-refractivity contribution in [3.8, 4) is 0 Å².